The number of carboxylic acids is 1. The maximum atomic E-state index is 13.1. The quantitative estimate of drug-likeness (QED) is 0.686. The van der Waals surface area contributed by atoms with Crippen LogP contribution < -0.4 is 5.01 Å². The van der Waals surface area contributed by atoms with Crippen molar-refractivity contribution in [1.82, 2.24) is 4.90 Å². The number of carbonyl (C=O) groups excluding carboxylic acids is 1. The minimum atomic E-state index is -0.994. The van der Waals surface area contributed by atoms with Crippen molar-refractivity contribution >= 4 is 58.1 Å². The Morgan fingerprint density at radius 1 is 1.03 bits per heavy atom. The van der Waals surface area contributed by atoms with Crippen molar-refractivity contribution in [2.75, 3.05) is 11.6 Å². The zero-order valence-corrected chi connectivity index (χ0v) is 18.0. The first-order valence-corrected chi connectivity index (χ1v) is 10.6. The van der Waals surface area contributed by atoms with Crippen LogP contribution in [0.2, 0.25) is 15.1 Å². The van der Waals surface area contributed by atoms with Crippen LogP contribution in [0.5, 0.6) is 0 Å². The molecule has 2 aromatic carbocycles. The lowest BCUT2D eigenvalue weighted by Crippen LogP contribution is -2.43. The van der Waals surface area contributed by atoms with Crippen LogP contribution in [0.3, 0.4) is 0 Å². The van der Waals surface area contributed by atoms with E-state index in [1.54, 1.807) is 35.3 Å². The Bertz CT molecular complexity index is 1030. The molecule has 2 aliphatic rings. The van der Waals surface area contributed by atoms with E-state index in [1.165, 1.54) is 4.90 Å². The minimum absolute atomic E-state index is 0.286. The number of benzene rings is 2. The molecule has 0 radical (unpaired) electrons. The van der Waals surface area contributed by atoms with E-state index in [-0.39, 0.29) is 11.9 Å². The fraction of sp³-hybridized carbons (Fsp3) is 0.286. The first kappa shape index (κ1) is 21.0. The molecule has 0 spiro atoms. The minimum Gasteiger partial charge on any atom is -0.480 e. The smallest absolute Gasteiger partial charge is 0.326 e. The summed E-state index contributed by atoms with van der Waals surface area (Å²) < 4.78 is 0. The third kappa shape index (κ3) is 4.00. The Morgan fingerprint density at radius 2 is 1.73 bits per heavy atom. The normalized spacial score (nSPS) is 21.1. The molecule has 156 valence electrons. The summed E-state index contributed by atoms with van der Waals surface area (Å²) in [5, 5.41) is 17.2. The zero-order chi connectivity index (χ0) is 21.4. The van der Waals surface area contributed by atoms with E-state index >= 15 is 0 Å². The predicted molar refractivity (Wildman–Crippen MR) is 118 cm³/mol. The number of hydrogen-bond donors (Lipinski definition) is 1. The molecule has 0 saturated carbocycles. The number of hydrazone groups is 1. The van der Waals surface area contributed by atoms with Crippen LogP contribution >= 0.6 is 34.8 Å². The average Bonchev–Trinajstić information content (AvgIpc) is 3.36. The van der Waals surface area contributed by atoms with Gasteiger partial charge in [0.15, 0.2) is 0 Å². The van der Waals surface area contributed by atoms with E-state index in [9.17, 15) is 14.7 Å². The molecule has 0 aliphatic carbocycles. The molecule has 4 rings (SSSR count). The number of carbonyl (C=O) groups is 2. The van der Waals surface area contributed by atoms with Gasteiger partial charge in [0, 0.05) is 23.0 Å². The largest absolute Gasteiger partial charge is 0.480 e. The van der Waals surface area contributed by atoms with Crippen LogP contribution in [0.4, 0.5) is 5.69 Å². The van der Waals surface area contributed by atoms with Crippen molar-refractivity contribution < 1.29 is 14.7 Å². The fourth-order valence-electron chi connectivity index (χ4n) is 3.91. The molecule has 9 heteroatoms. The highest BCUT2D eigenvalue weighted by Crippen LogP contribution is 2.40. The highest BCUT2D eigenvalue weighted by Gasteiger charge is 2.40. The Balaban J connectivity index is 1.71. The van der Waals surface area contributed by atoms with Gasteiger partial charge in [-0.1, -0.05) is 46.9 Å². The average molecular weight is 467 g/mol. The number of carboxylic acid groups (broad SMARTS) is 1. The number of anilines is 1. The number of halogens is 3. The van der Waals surface area contributed by atoms with Crippen molar-refractivity contribution in [3.8, 4) is 0 Å². The molecule has 1 saturated heterocycles. The lowest BCUT2D eigenvalue weighted by atomic mass is 10.0. The zero-order valence-electron chi connectivity index (χ0n) is 15.8. The van der Waals surface area contributed by atoms with Crippen molar-refractivity contribution in [3.05, 3.63) is 63.1 Å². The highest BCUT2D eigenvalue weighted by atomic mass is 35.5. The van der Waals surface area contributed by atoms with Crippen LogP contribution in [0, 0.1) is 0 Å². The first-order valence-electron chi connectivity index (χ1n) is 9.46. The number of likely N-dealkylation sites (tertiary alicyclic amines) is 1. The van der Waals surface area contributed by atoms with Gasteiger partial charge in [-0.15, -0.1) is 0 Å². The molecule has 2 unspecified atom stereocenters. The molecule has 2 aromatic rings. The molecule has 1 fully saturated rings. The van der Waals surface area contributed by atoms with Crippen LogP contribution in [0.15, 0.2) is 47.6 Å². The predicted octanol–water partition coefficient (Wildman–Crippen LogP) is 5.03. The molecule has 2 aliphatic heterocycles. The standard InChI is InChI=1S/C21H18Cl3N3O3/c22-13-5-3-12(4-6-13)19-11-16(20(28)26-9-1-2-18(26)21(29)30)25-27(19)17-8-7-14(23)10-15(17)24/h3-8,10,18-19H,1-2,9,11H2,(H,29,30). The monoisotopic (exact) mass is 465 g/mol. The summed E-state index contributed by atoms with van der Waals surface area (Å²) in [6, 6.07) is 11.3. The van der Waals surface area contributed by atoms with E-state index in [1.807, 2.05) is 12.1 Å². The third-order valence-electron chi connectivity index (χ3n) is 5.37. The number of rotatable bonds is 4. The van der Waals surface area contributed by atoms with Crippen molar-refractivity contribution in [2.45, 2.75) is 31.3 Å². The van der Waals surface area contributed by atoms with Crippen LogP contribution in [0.25, 0.3) is 0 Å². The van der Waals surface area contributed by atoms with E-state index in [0.717, 1.165) is 5.56 Å². The van der Waals surface area contributed by atoms with E-state index in [2.05, 4.69) is 5.10 Å². The second-order valence-corrected chi connectivity index (χ2v) is 8.53. The van der Waals surface area contributed by atoms with E-state index in [0.29, 0.717) is 52.3 Å². The molecule has 6 nitrogen and oxygen atoms in total. The van der Waals surface area contributed by atoms with Crippen LogP contribution in [0.1, 0.15) is 30.9 Å². The summed E-state index contributed by atoms with van der Waals surface area (Å²) in [5.74, 6) is -1.35. The Kier molecular flexibility index (Phi) is 5.91. The van der Waals surface area contributed by atoms with Gasteiger partial charge in [0.25, 0.3) is 5.91 Å². The summed E-state index contributed by atoms with van der Waals surface area (Å²) in [5.41, 5.74) is 1.82. The van der Waals surface area contributed by atoms with Gasteiger partial charge in [-0.05, 0) is 48.7 Å². The Hall–Kier alpha value is -2.28. The van der Waals surface area contributed by atoms with E-state index < -0.39 is 12.0 Å². The van der Waals surface area contributed by atoms with E-state index in [4.69, 9.17) is 34.8 Å². The second-order valence-electron chi connectivity index (χ2n) is 7.25. The van der Waals surface area contributed by atoms with Gasteiger partial charge in [0.2, 0.25) is 0 Å². The molecule has 1 amide bonds. The van der Waals surface area contributed by atoms with Crippen LogP contribution in [-0.4, -0.2) is 40.2 Å². The van der Waals surface area contributed by atoms with Gasteiger partial charge >= 0.3 is 5.97 Å². The van der Waals surface area contributed by atoms with Crippen molar-refractivity contribution in [1.29, 1.82) is 0 Å². The van der Waals surface area contributed by atoms with Gasteiger partial charge in [0.1, 0.15) is 11.8 Å². The van der Waals surface area contributed by atoms with Crippen molar-refractivity contribution in [3.63, 3.8) is 0 Å². The highest BCUT2D eigenvalue weighted by molar-refractivity contribution is 6.40. The molecule has 0 aromatic heterocycles. The summed E-state index contributed by atoms with van der Waals surface area (Å²) in [7, 11) is 0. The van der Waals surface area contributed by atoms with Gasteiger partial charge < -0.3 is 10.0 Å². The maximum Gasteiger partial charge on any atom is 0.326 e. The summed E-state index contributed by atoms with van der Waals surface area (Å²) >= 11 is 18.5. The summed E-state index contributed by atoms with van der Waals surface area (Å²) in [4.78, 5) is 26.1. The van der Waals surface area contributed by atoms with Gasteiger partial charge in [0.05, 0.1) is 16.8 Å². The second kappa shape index (κ2) is 8.46. The van der Waals surface area contributed by atoms with Gasteiger partial charge in [-0.2, -0.15) is 5.10 Å². The molecule has 1 N–H and O–H groups in total. The van der Waals surface area contributed by atoms with Gasteiger partial charge in [-0.25, -0.2) is 4.79 Å². The van der Waals surface area contributed by atoms with Crippen LogP contribution in [-0.2, 0) is 9.59 Å². The molecular formula is C21H18Cl3N3O3. The fourth-order valence-corrected chi connectivity index (χ4v) is 4.53. The topological polar surface area (TPSA) is 73.2 Å². The molecular weight excluding hydrogens is 449 g/mol. The molecule has 2 heterocycles. The number of nitrogens with zero attached hydrogens (tertiary/aromatic N) is 3. The maximum absolute atomic E-state index is 13.1. The SMILES string of the molecule is O=C(O)C1CCCN1C(=O)C1=NN(c2ccc(Cl)cc2Cl)C(c2ccc(Cl)cc2)C1. The Labute approximate surface area is 188 Å². The lowest BCUT2D eigenvalue weighted by Gasteiger charge is -2.25. The van der Waals surface area contributed by atoms with Crippen molar-refractivity contribution in [2.24, 2.45) is 5.10 Å². The lowest BCUT2D eigenvalue weighted by molar-refractivity contribution is -0.146. The Morgan fingerprint density at radius 3 is 2.40 bits per heavy atom. The third-order valence-corrected chi connectivity index (χ3v) is 6.16. The first-order chi connectivity index (χ1) is 14.3. The molecule has 0 bridgehead atoms. The number of amides is 1. The van der Waals surface area contributed by atoms with Gasteiger partial charge in [-0.3, -0.25) is 9.80 Å². The summed E-state index contributed by atoms with van der Waals surface area (Å²) in [6.07, 6.45) is 1.42. The molecule has 2 atom stereocenters. The molecule has 30 heavy (non-hydrogen) atoms. The summed E-state index contributed by atoms with van der Waals surface area (Å²) in [6.45, 7) is 0.405. The number of aliphatic carboxylic acids is 1. The number of hydrogen-bond acceptors (Lipinski definition) is 4.